The quantitative estimate of drug-likeness (QED) is 0.369. The van der Waals surface area contributed by atoms with Gasteiger partial charge in [0.05, 0.1) is 0 Å². The topological polar surface area (TPSA) is 64.1 Å². The summed E-state index contributed by atoms with van der Waals surface area (Å²) in [7, 11) is 0. The molecular formula is C13H18Cl3N3O2S. The third kappa shape index (κ3) is 5.99. The van der Waals surface area contributed by atoms with E-state index < -0.39 is 15.4 Å². The summed E-state index contributed by atoms with van der Waals surface area (Å²) in [4.78, 5) is 20.5. The third-order valence-electron chi connectivity index (χ3n) is 2.47. The van der Waals surface area contributed by atoms with Crippen molar-refractivity contribution in [1.29, 1.82) is 0 Å². The molecule has 0 aromatic carbocycles. The molecule has 0 bridgehead atoms. The molecule has 1 aromatic rings. The van der Waals surface area contributed by atoms with Crippen LogP contribution in [0.25, 0.3) is 0 Å². The maximum atomic E-state index is 12.1. The first kappa shape index (κ1) is 19.6. The van der Waals surface area contributed by atoms with Crippen LogP contribution in [-0.2, 0) is 4.79 Å². The van der Waals surface area contributed by atoms with Crippen molar-refractivity contribution in [2.24, 2.45) is 5.41 Å². The van der Waals surface area contributed by atoms with Crippen LogP contribution < -0.4 is 10.1 Å². The van der Waals surface area contributed by atoms with Crippen LogP contribution in [0, 0.1) is 12.3 Å². The van der Waals surface area contributed by atoms with Crippen molar-refractivity contribution in [3.63, 3.8) is 0 Å². The average Bonchev–Trinajstić information content (AvgIpc) is 2.34. The molecule has 1 aromatic heterocycles. The van der Waals surface area contributed by atoms with Crippen molar-refractivity contribution >= 4 is 52.5 Å². The highest BCUT2D eigenvalue weighted by molar-refractivity contribution is 7.98. The predicted octanol–water partition coefficient (Wildman–Crippen LogP) is 3.74. The highest BCUT2D eigenvalue weighted by Crippen LogP contribution is 2.32. The lowest BCUT2D eigenvalue weighted by atomic mass is 9.96. The molecular weight excluding hydrogens is 369 g/mol. The number of carbonyl (C=O) groups excluding carboxylic acids is 1. The molecule has 0 aliphatic rings. The number of nitrogens with one attached hydrogen (secondary N) is 1. The Morgan fingerprint density at radius 3 is 2.36 bits per heavy atom. The molecule has 0 radical (unpaired) electrons. The smallest absolute Gasteiger partial charge is 0.246 e. The molecule has 9 heteroatoms. The predicted molar refractivity (Wildman–Crippen MR) is 90.9 cm³/mol. The Balaban J connectivity index is 3.00. The van der Waals surface area contributed by atoms with Crippen LogP contribution in [0.5, 0.6) is 5.88 Å². The fraction of sp³-hybridized carbons (Fsp3) is 0.615. The van der Waals surface area contributed by atoms with Gasteiger partial charge in [-0.05, 0) is 13.2 Å². The molecule has 22 heavy (non-hydrogen) atoms. The molecule has 1 amide bonds. The Kier molecular flexibility index (Phi) is 6.62. The molecule has 5 nitrogen and oxygen atoms in total. The molecule has 1 heterocycles. The third-order valence-corrected chi connectivity index (χ3v) is 3.61. The van der Waals surface area contributed by atoms with E-state index in [1.165, 1.54) is 11.8 Å². The van der Waals surface area contributed by atoms with E-state index in [0.717, 1.165) is 0 Å². The van der Waals surface area contributed by atoms with Crippen molar-refractivity contribution in [3.8, 4) is 5.88 Å². The second kappa shape index (κ2) is 7.43. The Morgan fingerprint density at radius 1 is 1.32 bits per heavy atom. The van der Waals surface area contributed by atoms with Gasteiger partial charge in [-0.2, -0.15) is 4.98 Å². The van der Waals surface area contributed by atoms with E-state index in [9.17, 15) is 4.79 Å². The molecule has 0 saturated carbocycles. The lowest BCUT2D eigenvalue weighted by Crippen LogP contribution is -2.51. The molecule has 1 atom stereocenters. The van der Waals surface area contributed by atoms with Gasteiger partial charge in [-0.3, -0.25) is 4.79 Å². The number of ether oxygens (including phenoxy) is 1. The van der Waals surface area contributed by atoms with Gasteiger partial charge in [0.25, 0.3) is 0 Å². The number of carbonyl (C=O) groups is 1. The standard InChI is InChI=1S/C13H18Cl3N3O2S/c1-7-6-8(18-11(17-7)22-5)21-10(13(14,15)16)19-9(20)12(2,3)4/h6,10H,1-5H3,(H,19,20)/t10-/m1/s1. The average molecular weight is 387 g/mol. The highest BCUT2D eigenvalue weighted by atomic mass is 35.6. The van der Waals surface area contributed by atoms with Crippen LogP contribution >= 0.6 is 46.6 Å². The lowest BCUT2D eigenvalue weighted by Gasteiger charge is -2.28. The Labute approximate surface area is 149 Å². The zero-order valence-electron chi connectivity index (χ0n) is 12.9. The van der Waals surface area contributed by atoms with Crippen LogP contribution in [0.15, 0.2) is 11.2 Å². The zero-order valence-corrected chi connectivity index (χ0v) is 16.0. The largest absolute Gasteiger partial charge is 0.449 e. The van der Waals surface area contributed by atoms with Crippen LogP contribution in [-0.4, -0.2) is 32.2 Å². The van der Waals surface area contributed by atoms with Gasteiger partial charge in [0.2, 0.25) is 21.8 Å². The monoisotopic (exact) mass is 385 g/mol. The SMILES string of the molecule is CSc1nc(C)cc(O[C@@H](NC(=O)C(C)(C)C)C(Cl)(Cl)Cl)n1. The number of hydrogen-bond donors (Lipinski definition) is 1. The maximum Gasteiger partial charge on any atom is 0.246 e. The van der Waals surface area contributed by atoms with Gasteiger partial charge >= 0.3 is 0 Å². The van der Waals surface area contributed by atoms with Crippen molar-refractivity contribution in [2.75, 3.05) is 6.26 Å². The van der Waals surface area contributed by atoms with E-state index in [1.807, 2.05) is 6.26 Å². The van der Waals surface area contributed by atoms with Gasteiger partial charge in [-0.15, -0.1) is 0 Å². The van der Waals surface area contributed by atoms with Crippen molar-refractivity contribution in [1.82, 2.24) is 15.3 Å². The van der Waals surface area contributed by atoms with Crippen molar-refractivity contribution < 1.29 is 9.53 Å². The summed E-state index contributed by atoms with van der Waals surface area (Å²) in [6.45, 7) is 7.04. The second-order valence-electron chi connectivity index (χ2n) is 5.60. The first-order valence-corrected chi connectivity index (χ1v) is 8.73. The van der Waals surface area contributed by atoms with Gasteiger partial charge in [0, 0.05) is 17.2 Å². The van der Waals surface area contributed by atoms with E-state index in [2.05, 4.69) is 15.3 Å². The van der Waals surface area contributed by atoms with Crippen LogP contribution in [0.2, 0.25) is 0 Å². The summed E-state index contributed by atoms with van der Waals surface area (Å²) in [5.74, 6) is -0.0814. The zero-order chi connectivity index (χ0) is 17.1. The van der Waals surface area contributed by atoms with Crippen LogP contribution in [0.3, 0.4) is 0 Å². The number of hydrogen-bond acceptors (Lipinski definition) is 5. The molecule has 0 saturated heterocycles. The Hall–Kier alpha value is -0.430. The molecule has 1 rings (SSSR count). The normalized spacial score (nSPS) is 13.6. The van der Waals surface area contributed by atoms with E-state index >= 15 is 0 Å². The molecule has 0 spiro atoms. The molecule has 124 valence electrons. The summed E-state index contributed by atoms with van der Waals surface area (Å²) in [5, 5.41) is 3.11. The fourth-order valence-corrected chi connectivity index (χ4v) is 2.01. The Bertz CT molecular complexity index is 544. The van der Waals surface area contributed by atoms with Gasteiger partial charge in [-0.1, -0.05) is 67.3 Å². The van der Waals surface area contributed by atoms with E-state index in [1.54, 1.807) is 33.8 Å². The number of halogens is 3. The van der Waals surface area contributed by atoms with Gasteiger partial charge < -0.3 is 10.1 Å². The minimum Gasteiger partial charge on any atom is -0.449 e. The van der Waals surface area contributed by atoms with Crippen LogP contribution in [0.1, 0.15) is 26.5 Å². The number of nitrogens with zero attached hydrogens (tertiary/aromatic N) is 2. The van der Waals surface area contributed by atoms with Gasteiger partial charge in [0.1, 0.15) is 0 Å². The van der Waals surface area contributed by atoms with Crippen LogP contribution in [0.4, 0.5) is 0 Å². The number of alkyl halides is 3. The van der Waals surface area contributed by atoms with Crippen molar-refractivity contribution in [3.05, 3.63) is 11.8 Å². The summed E-state index contributed by atoms with van der Waals surface area (Å²) in [6.07, 6.45) is 0.667. The van der Waals surface area contributed by atoms with Gasteiger partial charge in [0.15, 0.2) is 5.16 Å². The summed E-state index contributed by atoms with van der Waals surface area (Å²) < 4.78 is 3.73. The maximum absolute atomic E-state index is 12.1. The lowest BCUT2D eigenvalue weighted by molar-refractivity contribution is -0.131. The number of rotatable bonds is 4. The number of thioether (sulfide) groups is 1. The summed E-state index contributed by atoms with van der Waals surface area (Å²) in [5.41, 5.74) is 0.0587. The Morgan fingerprint density at radius 2 is 1.91 bits per heavy atom. The van der Waals surface area contributed by atoms with E-state index in [4.69, 9.17) is 39.5 Å². The minimum absolute atomic E-state index is 0.224. The van der Waals surface area contributed by atoms with E-state index in [-0.39, 0.29) is 11.8 Å². The molecule has 1 N–H and O–H groups in total. The van der Waals surface area contributed by atoms with E-state index in [0.29, 0.717) is 10.9 Å². The molecule has 0 aliphatic heterocycles. The number of aryl methyl sites for hydroxylation is 1. The van der Waals surface area contributed by atoms with Crippen molar-refractivity contribution in [2.45, 2.75) is 42.9 Å². The highest BCUT2D eigenvalue weighted by Gasteiger charge is 2.38. The first-order chi connectivity index (χ1) is 9.93. The number of aromatic nitrogens is 2. The molecule has 0 unspecified atom stereocenters. The fourth-order valence-electron chi connectivity index (χ4n) is 1.30. The van der Waals surface area contributed by atoms with Gasteiger partial charge in [-0.25, -0.2) is 4.98 Å². The molecule has 0 fully saturated rings. The summed E-state index contributed by atoms with van der Waals surface area (Å²) in [6, 6.07) is 1.60. The minimum atomic E-state index is -1.85. The molecule has 0 aliphatic carbocycles. The second-order valence-corrected chi connectivity index (χ2v) is 8.74. The summed E-state index contributed by atoms with van der Waals surface area (Å²) >= 11 is 19.1. The first-order valence-electron chi connectivity index (χ1n) is 6.37. The number of amides is 1.